The molecular formula is C11H13FN4O2S. The van der Waals surface area contributed by atoms with Crippen LogP contribution in [0.25, 0.3) is 0 Å². The highest BCUT2D eigenvalue weighted by Crippen LogP contribution is 2.18. The second-order valence-corrected chi connectivity index (χ2v) is 5.62. The van der Waals surface area contributed by atoms with Crippen molar-refractivity contribution in [2.45, 2.75) is 11.4 Å². The Balaban J connectivity index is 2.14. The minimum Gasteiger partial charge on any atom is -0.378 e. The van der Waals surface area contributed by atoms with Crippen LogP contribution in [-0.4, -0.2) is 18.2 Å². The molecule has 0 aliphatic rings. The molecule has 2 aromatic rings. The molecule has 1 heterocycles. The van der Waals surface area contributed by atoms with Crippen molar-refractivity contribution in [3.05, 3.63) is 42.0 Å². The Bertz CT molecular complexity index is 696. The Morgan fingerprint density at radius 1 is 1.47 bits per heavy atom. The average molecular weight is 284 g/mol. The maximum Gasteiger partial charge on any atom is 0.238 e. The van der Waals surface area contributed by atoms with Gasteiger partial charge >= 0.3 is 0 Å². The molecule has 3 N–H and O–H groups in total. The fourth-order valence-electron chi connectivity index (χ4n) is 1.58. The van der Waals surface area contributed by atoms with Crippen molar-refractivity contribution in [1.82, 2.24) is 9.78 Å². The molecule has 0 spiro atoms. The molecule has 1 aromatic carbocycles. The van der Waals surface area contributed by atoms with E-state index in [1.54, 1.807) is 24.1 Å². The first-order valence-electron chi connectivity index (χ1n) is 5.40. The lowest BCUT2D eigenvalue weighted by Gasteiger charge is -2.07. The van der Waals surface area contributed by atoms with Crippen LogP contribution in [0.4, 0.5) is 10.1 Å². The van der Waals surface area contributed by atoms with Gasteiger partial charge in [-0.25, -0.2) is 17.9 Å². The van der Waals surface area contributed by atoms with Gasteiger partial charge in [-0.1, -0.05) is 0 Å². The van der Waals surface area contributed by atoms with Gasteiger partial charge in [-0.05, 0) is 18.2 Å². The maximum absolute atomic E-state index is 13.7. The summed E-state index contributed by atoms with van der Waals surface area (Å²) in [5, 5.41) is 11.8. The zero-order chi connectivity index (χ0) is 14.0. The van der Waals surface area contributed by atoms with Crippen molar-refractivity contribution in [3.8, 4) is 0 Å². The minimum absolute atomic E-state index is 0.205. The summed E-state index contributed by atoms with van der Waals surface area (Å²) in [6.07, 6.45) is 3.45. The molecule has 0 unspecified atom stereocenters. The number of aryl methyl sites for hydroxylation is 1. The van der Waals surface area contributed by atoms with Crippen LogP contribution in [-0.2, 0) is 23.6 Å². The topological polar surface area (TPSA) is 90.0 Å². The van der Waals surface area contributed by atoms with Crippen LogP contribution in [0, 0.1) is 5.82 Å². The van der Waals surface area contributed by atoms with E-state index in [2.05, 4.69) is 10.4 Å². The van der Waals surface area contributed by atoms with E-state index in [0.717, 1.165) is 11.6 Å². The lowest BCUT2D eigenvalue weighted by Crippen LogP contribution is -2.12. The lowest BCUT2D eigenvalue weighted by atomic mass is 10.3. The predicted molar refractivity (Wildman–Crippen MR) is 68.3 cm³/mol. The van der Waals surface area contributed by atoms with Crippen LogP contribution < -0.4 is 10.5 Å². The molecular weight excluding hydrogens is 271 g/mol. The molecule has 8 heteroatoms. The molecule has 0 radical (unpaired) electrons. The summed E-state index contributed by atoms with van der Waals surface area (Å²) in [7, 11) is -2.10. The van der Waals surface area contributed by atoms with Crippen molar-refractivity contribution in [2.24, 2.45) is 12.2 Å². The number of rotatable bonds is 4. The number of hydrogen-bond acceptors (Lipinski definition) is 4. The summed E-state index contributed by atoms with van der Waals surface area (Å²) in [6, 6.07) is 3.48. The zero-order valence-electron chi connectivity index (χ0n) is 10.2. The van der Waals surface area contributed by atoms with E-state index in [-0.39, 0.29) is 10.6 Å². The SMILES string of the molecule is Cn1cc(CNc2ccc(S(N)(=O)=O)cc2F)cn1. The predicted octanol–water partition coefficient (Wildman–Crippen LogP) is 0.819. The van der Waals surface area contributed by atoms with Gasteiger partial charge in [0.25, 0.3) is 0 Å². The first kappa shape index (κ1) is 13.5. The lowest BCUT2D eigenvalue weighted by molar-refractivity contribution is 0.593. The molecule has 0 fully saturated rings. The zero-order valence-corrected chi connectivity index (χ0v) is 11.0. The van der Waals surface area contributed by atoms with Crippen molar-refractivity contribution in [1.29, 1.82) is 0 Å². The van der Waals surface area contributed by atoms with Crippen molar-refractivity contribution in [2.75, 3.05) is 5.32 Å². The van der Waals surface area contributed by atoms with E-state index in [4.69, 9.17) is 5.14 Å². The normalized spacial score (nSPS) is 11.5. The third kappa shape index (κ3) is 3.30. The fraction of sp³-hybridized carbons (Fsp3) is 0.182. The fourth-order valence-corrected chi connectivity index (χ4v) is 2.10. The van der Waals surface area contributed by atoms with Crippen LogP contribution in [0.5, 0.6) is 0 Å². The maximum atomic E-state index is 13.7. The van der Waals surface area contributed by atoms with Gasteiger partial charge in [-0.2, -0.15) is 5.10 Å². The van der Waals surface area contributed by atoms with Gasteiger partial charge in [0.15, 0.2) is 0 Å². The second-order valence-electron chi connectivity index (χ2n) is 4.06. The number of hydrogen-bond donors (Lipinski definition) is 2. The van der Waals surface area contributed by atoms with Gasteiger partial charge in [-0.3, -0.25) is 4.68 Å². The molecule has 102 valence electrons. The highest BCUT2D eigenvalue weighted by molar-refractivity contribution is 7.89. The molecule has 2 rings (SSSR count). The number of primary sulfonamides is 1. The largest absolute Gasteiger partial charge is 0.378 e. The molecule has 19 heavy (non-hydrogen) atoms. The molecule has 1 aromatic heterocycles. The Morgan fingerprint density at radius 2 is 2.21 bits per heavy atom. The summed E-state index contributed by atoms with van der Waals surface area (Å²) in [6.45, 7) is 0.388. The summed E-state index contributed by atoms with van der Waals surface area (Å²) in [5.74, 6) is -0.671. The molecule has 0 saturated carbocycles. The molecule has 6 nitrogen and oxygen atoms in total. The highest BCUT2D eigenvalue weighted by Gasteiger charge is 2.11. The number of benzene rings is 1. The van der Waals surface area contributed by atoms with E-state index < -0.39 is 15.8 Å². The van der Waals surface area contributed by atoms with Crippen LogP contribution in [0.15, 0.2) is 35.5 Å². The molecule has 0 saturated heterocycles. The first-order chi connectivity index (χ1) is 8.86. The van der Waals surface area contributed by atoms with Gasteiger partial charge < -0.3 is 5.32 Å². The molecule has 0 aliphatic heterocycles. The van der Waals surface area contributed by atoms with E-state index in [1.165, 1.54) is 12.1 Å². The number of nitrogens with one attached hydrogen (secondary N) is 1. The third-order valence-electron chi connectivity index (χ3n) is 2.51. The molecule has 0 atom stereocenters. The summed E-state index contributed by atoms with van der Waals surface area (Å²) < 4.78 is 37.4. The van der Waals surface area contributed by atoms with Crippen molar-refractivity contribution >= 4 is 15.7 Å². The van der Waals surface area contributed by atoms with Gasteiger partial charge in [0, 0.05) is 25.4 Å². The van der Waals surface area contributed by atoms with Gasteiger partial charge in [-0.15, -0.1) is 0 Å². The average Bonchev–Trinajstić information content (AvgIpc) is 2.72. The number of halogens is 1. The number of anilines is 1. The van der Waals surface area contributed by atoms with Gasteiger partial charge in [0.1, 0.15) is 5.82 Å². The second kappa shape index (κ2) is 4.98. The molecule has 0 amide bonds. The number of sulfonamides is 1. The number of nitrogens with two attached hydrogens (primary N) is 1. The summed E-state index contributed by atoms with van der Waals surface area (Å²) >= 11 is 0. The molecule has 0 bridgehead atoms. The standard InChI is InChI=1S/C11H13FN4O2S/c1-16-7-8(6-15-16)5-14-11-3-2-9(4-10(11)12)19(13,17)18/h2-4,6-7,14H,5H2,1H3,(H2,13,17,18). The van der Waals surface area contributed by atoms with Gasteiger partial charge in [0.2, 0.25) is 10.0 Å². The van der Waals surface area contributed by atoms with Gasteiger partial charge in [0.05, 0.1) is 16.8 Å². The quantitative estimate of drug-likeness (QED) is 0.869. The van der Waals surface area contributed by atoms with E-state index in [9.17, 15) is 12.8 Å². The van der Waals surface area contributed by atoms with Crippen molar-refractivity contribution < 1.29 is 12.8 Å². The minimum atomic E-state index is -3.89. The van der Waals surface area contributed by atoms with E-state index >= 15 is 0 Å². The van der Waals surface area contributed by atoms with Crippen LogP contribution in [0.3, 0.4) is 0 Å². The Morgan fingerprint density at radius 3 is 2.74 bits per heavy atom. The highest BCUT2D eigenvalue weighted by atomic mass is 32.2. The Labute approximate surface area is 110 Å². The summed E-state index contributed by atoms with van der Waals surface area (Å²) in [5.41, 5.74) is 1.09. The van der Waals surface area contributed by atoms with E-state index in [0.29, 0.717) is 6.54 Å². The number of nitrogens with zero attached hydrogens (tertiary/aromatic N) is 2. The number of aromatic nitrogens is 2. The van der Waals surface area contributed by atoms with Crippen LogP contribution >= 0.6 is 0 Å². The molecule has 0 aliphatic carbocycles. The Kier molecular flexibility index (Phi) is 3.54. The van der Waals surface area contributed by atoms with E-state index in [1.807, 2.05) is 0 Å². The van der Waals surface area contributed by atoms with Crippen LogP contribution in [0.1, 0.15) is 5.56 Å². The van der Waals surface area contributed by atoms with Crippen molar-refractivity contribution in [3.63, 3.8) is 0 Å². The Hall–Kier alpha value is -1.93. The smallest absolute Gasteiger partial charge is 0.238 e. The summed E-state index contributed by atoms with van der Waals surface area (Å²) in [4.78, 5) is -0.253. The first-order valence-corrected chi connectivity index (χ1v) is 6.94. The van der Waals surface area contributed by atoms with Crippen LogP contribution in [0.2, 0.25) is 0 Å². The third-order valence-corrected chi connectivity index (χ3v) is 3.42. The monoisotopic (exact) mass is 284 g/mol.